The van der Waals surface area contributed by atoms with Gasteiger partial charge in [0.05, 0.1) is 12.2 Å². The van der Waals surface area contributed by atoms with Crippen LogP contribution in [0.15, 0.2) is 30.3 Å². The Morgan fingerprint density at radius 2 is 2.04 bits per heavy atom. The van der Waals surface area contributed by atoms with E-state index in [0.717, 1.165) is 5.56 Å². The van der Waals surface area contributed by atoms with Crippen LogP contribution in [0.4, 0.5) is 4.79 Å². The van der Waals surface area contributed by atoms with Crippen molar-refractivity contribution in [2.24, 2.45) is 11.3 Å². The number of likely N-dealkylation sites (tertiary alicyclic amines) is 1. The largest absolute Gasteiger partial charge is 0.481 e. The van der Waals surface area contributed by atoms with E-state index in [-0.39, 0.29) is 19.1 Å². The molecule has 3 rings (SSSR count). The van der Waals surface area contributed by atoms with Crippen molar-refractivity contribution in [2.45, 2.75) is 26.1 Å². The molecule has 2 aliphatic heterocycles. The molecule has 0 bridgehead atoms. The zero-order valence-electron chi connectivity index (χ0n) is 13.3. The van der Waals surface area contributed by atoms with Crippen LogP contribution in [0.2, 0.25) is 0 Å². The molecular formula is C17H21NO5. The topological polar surface area (TPSA) is 76.1 Å². The molecule has 0 aromatic heterocycles. The van der Waals surface area contributed by atoms with Crippen molar-refractivity contribution in [3.8, 4) is 0 Å². The van der Waals surface area contributed by atoms with Gasteiger partial charge in [-0.2, -0.15) is 0 Å². The standard InChI is InChI=1S/C17H21NO5/c1-16(2)17(14(19)20)11-18(8-13(17)10-23-16)15(21)22-9-12-6-4-3-5-7-12/h3-7,13H,8-11H2,1-2H3,(H,19,20). The summed E-state index contributed by atoms with van der Waals surface area (Å²) < 4.78 is 11.0. The maximum Gasteiger partial charge on any atom is 0.410 e. The normalized spacial score (nSPS) is 28.4. The first-order valence-electron chi connectivity index (χ1n) is 7.70. The minimum Gasteiger partial charge on any atom is -0.481 e. The summed E-state index contributed by atoms with van der Waals surface area (Å²) in [5, 5.41) is 9.76. The zero-order chi connectivity index (χ0) is 16.7. The number of rotatable bonds is 3. The van der Waals surface area contributed by atoms with Gasteiger partial charge in [-0.05, 0) is 19.4 Å². The van der Waals surface area contributed by atoms with E-state index in [0.29, 0.717) is 13.2 Å². The summed E-state index contributed by atoms with van der Waals surface area (Å²) in [5.41, 5.74) is -0.978. The quantitative estimate of drug-likeness (QED) is 0.923. The molecule has 6 heteroatoms. The van der Waals surface area contributed by atoms with Gasteiger partial charge in [0, 0.05) is 19.0 Å². The minimum atomic E-state index is -1.07. The predicted molar refractivity (Wildman–Crippen MR) is 81.8 cm³/mol. The third-order valence-electron chi connectivity index (χ3n) is 5.14. The number of benzene rings is 1. The number of carboxylic acid groups (broad SMARTS) is 1. The Bertz CT molecular complexity index is 615. The molecule has 2 unspecified atom stereocenters. The van der Waals surface area contributed by atoms with Crippen molar-refractivity contribution in [1.82, 2.24) is 4.90 Å². The molecule has 0 radical (unpaired) electrons. The lowest BCUT2D eigenvalue weighted by molar-refractivity contribution is -0.158. The lowest BCUT2D eigenvalue weighted by atomic mass is 9.69. The number of amides is 1. The van der Waals surface area contributed by atoms with Gasteiger partial charge in [0.25, 0.3) is 0 Å². The maximum atomic E-state index is 12.3. The summed E-state index contributed by atoms with van der Waals surface area (Å²) in [4.78, 5) is 25.7. The van der Waals surface area contributed by atoms with Crippen molar-refractivity contribution in [1.29, 1.82) is 0 Å². The van der Waals surface area contributed by atoms with Crippen LogP contribution in [0.25, 0.3) is 0 Å². The Balaban J connectivity index is 1.69. The third-order valence-corrected chi connectivity index (χ3v) is 5.14. The van der Waals surface area contributed by atoms with Gasteiger partial charge in [-0.1, -0.05) is 30.3 Å². The van der Waals surface area contributed by atoms with E-state index in [4.69, 9.17) is 9.47 Å². The molecule has 1 amide bonds. The summed E-state index contributed by atoms with van der Waals surface area (Å²) >= 11 is 0. The molecule has 1 aromatic rings. The lowest BCUT2D eigenvalue weighted by Gasteiger charge is -2.35. The first kappa shape index (κ1) is 15.8. The average Bonchev–Trinajstić information content (AvgIpc) is 3.03. The molecule has 0 saturated carbocycles. The Morgan fingerprint density at radius 1 is 1.35 bits per heavy atom. The van der Waals surface area contributed by atoms with Gasteiger partial charge in [0.1, 0.15) is 12.0 Å². The van der Waals surface area contributed by atoms with Gasteiger partial charge in [-0.3, -0.25) is 4.79 Å². The molecule has 2 fully saturated rings. The molecule has 2 heterocycles. The highest BCUT2D eigenvalue weighted by atomic mass is 16.6. The Labute approximate surface area is 135 Å². The maximum absolute atomic E-state index is 12.3. The Kier molecular flexibility index (Phi) is 3.80. The number of carbonyl (C=O) groups is 2. The van der Waals surface area contributed by atoms with E-state index in [1.807, 2.05) is 30.3 Å². The summed E-state index contributed by atoms with van der Waals surface area (Å²) in [6.07, 6.45) is -0.473. The van der Waals surface area contributed by atoms with Gasteiger partial charge < -0.3 is 19.5 Å². The van der Waals surface area contributed by atoms with Gasteiger partial charge in [0.2, 0.25) is 0 Å². The van der Waals surface area contributed by atoms with Crippen LogP contribution < -0.4 is 0 Å². The van der Waals surface area contributed by atoms with Crippen LogP contribution in [0, 0.1) is 11.3 Å². The third kappa shape index (κ3) is 2.47. The molecule has 0 aliphatic carbocycles. The molecule has 1 aromatic carbocycles. The SMILES string of the molecule is CC1(C)OCC2CN(C(=O)OCc3ccccc3)CC21C(=O)O. The van der Waals surface area contributed by atoms with Crippen molar-refractivity contribution in [3.63, 3.8) is 0 Å². The van der Waals surface area contributed by atoms with Gasteiger partial charge >= 0.3 is 12.1 Å². The fourth-order valence-electron chi connectivity index (χ4n) is 3.68. The molecule has 6 nitrogen and oxygen atoms in total. The monoisotopic (exact) mass is 319 g/mol. The molecule has 23 heavy (non-hydrogen) atoms. The fourth-order valence-corrected chi connectivity index (χ4v) is 3.68. The summed E-state index contributed by atoms with van der Waals surface area (Å²) in [6.45, 7) is 4.55. The van der Waals surface area contributed by atoms with Crippen molar-refractivity contribution < 1.29 is 24.2 Å². The van der Waals surface area contributed by atoms with E-state index < -0.39 is 23.1 Å². The smallest absolute Gasteiger partial charge is 0.410 e. The van der Waals surface area contributed by atoms with E-state index in [1.54, 1.807) is 13.8 Å². The lowest BCUT2D eigenvalue weighted by Crippen LogP contribution is -2.51. The number of aliphatic carboxylic acids is 1. The molecule has 2 aliphatic rings. The van der Waals surface area contributed by atoms with Crippen LogP contribution in [0.3, 0.4) is 0 Å². The number of hydrogen-bond donors (Lipinski definition) is 1. The van der Waals surface area contributed by atoms with Crippen LogP contribution in [-0.2, 0) is 20.9 Å². The molecule has 2 atom stereocenters. The molecule has 124 valence electrons. The van der Waals surface area contributed by atoms with E-state index >= 15 is 0 Å². The van der Waals surface area contributed by atoms with Crippen LogP contribution in [0.1, 0.15) is 19.4 Å². The second-order valence-corrected chi connectivity index (χ2v) is 6.72. The summed E-state index contributed by atoms with van der Waals surface area (Å²) in [5.74, 6) is -1.12. The number of nitrogens with zero attached hydrogens (tertiary/aromatic N) is 1. The minimum absolute atomic E-state index is 0.119. The highest BCUT2D eigenvalue weighted by molar-refractivity contribution is 5.80. The molecular weight excluding hydrogens is 298 g/mol. The second-order valence-electron chi connectivity index (χ2n) is 6.72. The van der Waals surface area contributed by atoms with E-state index in [9.17, 15) is 14.7 Å². The predicted octanol–water partition coefficient (Wildman–Crippen LogP) is 2.13. The Morgan fingerprint density at radius 3 is 2.65 bits per heavy atom. The van der Waals surface area contributed by atoms with Gasteiger partial charge in [-0.25, -0.2) is 4.79 Å². The number of fused-ring (bicyclic) bond motifs is 1. The highest BCUT2D eigenvalue weighted by Gasteiger charge is 2.66. The number of carboxylic acids is 1. The number of carbonyl (C=O) groups excluding carboxylic acids is 1. The first-order chi connectivity index (χ1) is 10.9. The van der Waals surface area contributed by atoms with Gasteiger partial charge in [-0.15, -0.1) is 0 Å². The molecule has 0 spiro atoms. The highest BCUT2D eigenvalue weighted by Crippen LogP contribution is 2.52. The average molecular weight is 319 g/mol. The van der Waals surface area contributed by atoms with E-state index in [1.165, 1.54) is 4.90 Å². The second kappa shape index (κ2) is 5.53. The van der Waals surface area contributed by atoms with Crippen LogP contribution >= 0.6 is 0 Å². The van der Waals surface area contributed by atoms with Gasteiger partial charge in [0.15, 0.2) is 0 Å². The van der Waals surface area contributed by atoms with Crippen LogP contribution in [-0.4, -0.2) is 47.4 Å². The number of ether oxygens (including phenoxy) is 2. The molecule has 1 N–H and O–H groups in total. The van der Waals surface area contributed by atoms with Crippen LogP contribution in [0.5, 0.6) is 0 Å². The fraction of sp³-hybridized carbons (Fsp3) is 0.529. The summed E-state index contributed by atoms with van der Waals surface area (Å²) in [7, 11) is 0. The number of hydrogen-bond acceptors (Lipinski definition) is 4. The molecule has 2 saturated heterocycles. The van der Waals surface area contributed by atoms with E-state index in [2.05, 4.69) is 0 Å². The van der Waals surface area contributed by atoms with Crippen molar-refractivity contribution in [2.75, 3.05) is 19.7 Å². The zero-order valence-corrected chi connectivity index (χ0v) is 13.3. The van der Waals surface area contributed by atoms with Crippen molar-refractivity contribution >= 4 is 12.1 Å². The first-order valence-corrected chi connectivity index (χ1v) is 7.70. The Hall–Kier alpha value is -2.08. The summed E-state index contributed by atoms with van der Waals surface area (Å²) in [6, 6.07) is 9.40. The van der Waals surface area contributed by atoms with Crippen molar-refractivity contribution in [3.05, 3.63) is 35.9 Å².